The van der Waals surface area contributed by atoms with Gasteiger partial charge in [0.15, 0.2) is 5.82 Å². The number of aromatic nitrogens is 2. The van der Waals surface area contributed by atoms with Gasteiger partial charge in [0.25, 0.3) is 0 Å². The van der Waals surface area contributed by atoms with Crippen LogP contribution in [-0.4, -0.2) is 24.5 Å². The molecule has 1 aromatic carbocycles. The standard InChI is InChI=1S/C13H15ClFN3O2S/c1-8(2)18-5-4-11(16-18)10-6-9(14)7-12(13(10)15)17-21(3,19)20/h4-8,17H,1-3H3. The highest BCUT2D eigenvalue weighted by Gasteiger charge is 2.17. The Hall–Kier alpha value is -1.60. The highest BCUT2D eigenvalue weighted by molar-refractivity contribution is 7.92. The Balaban J connectivity index is 2.53. The molecule has 8 heteroatoms. The van der Waals surface area contributed by atoms with Crippen LogP contribution in [-0.2, 0) is 10.0 Å². The number of nitrogens with one attached hydrogen (secondary N) is 1. The lowest BCUT2D eigenvalue weighted by Gasteiger charge is -2.09. The molecule has 5 nitrogen and oxygen atoms in total. The van der Waals surface area contributed by atoms with Crippen molar-refractivity contribution in [3.8, 4) is 11.3 Å². The first-order valence-corrected chi connectivity index (χ1v) is 8.46. The molecule has 0 saturated heterocycles. The van der Waals surface area contributed by atoms with Crippen molar-refractivity contribution in [1.82, 2.24) is 9.78 Å². The molecule has 2 rings (SSSR count). The molecule has 0 aliphatic carbocycles. The van der Waals surface area contributed by atoms with Crippen LogP contribution in [0.2, 0.25) is 5.02 Å². The molecule has 0 bridgehead atoms. The number of rotatable bonds is 4. The smallest absolute Gasteiger partial charge is 0.229 e. The van der Waals surface area contributed by atoms with E-state index in [0.29, 0.717) is 5.69 Å². The van der Waals surface area contributed by atoms with Gasteiger partial charge in [-0.3, -0.25) is 9.40 Å². The maximum absolute atomic E-state index is 14.4. The van der Waals surface area contributed by atoms with Gasteiger partial charge in [0, 0.05) is 22.8 Å². The average Bonchev–Trinajstić information content (AvgIpc) is 2.81. The quantitative estimate of drug-likeness (QED) is 0.935. The van der Waals surface area contributed by atoms with E-state index in [9.17, 15) is 12.8 Å². The molecule has 0 radical (unpaired) electrons. The van der Waals surface area contributed by atoms with Crippen molar-refractivity contribution >= 4 is 27.3 Å². The molecule has 0 aliphatic heterocycles. The Morgan fingerprint density at radius 1 is 1.38 bits per heavy atom. The van der Waals surface area contributed by atoms with Gasteiger partial charge in [0.05, 0.1) is 17.6 Å². The first kappa shape index (κ1) is 15.8. The topological polar surface area (TPSA) is 64.0 Å². The number of benzene rings is 1. The highest BCUT2D eigenvalue weighted by Crippen LogP contribution is 2.31. The van der Waals surface area contributed by atoms with Gasteiger partial charge in [-0.2, -0.15) is 5.10 Å². The molecular weight excluding hydrogens is 317 g/mol. The van der Waals surface area contributed by atoms with Crippen LogP contribution in [0, 0.1) is 5.82 Å². The lowest BCUT2D eigenvalue weighted by Crippen LogP contribution is -2.11. The summed E-state index contributed by atoms with van der Waals surface area (Å²) < 4.78 is 40.8. The fourth-order valence-electron chi connectivity index (χ4n) is 1.82. The molecule has 0 aliphatic rings. The Morgan fingerprint density at radius 3 is 2.57 bits per heavy atom. The second-order valence-corrected chi connectivity index (χ2v) is 7.15. The summed E-state index contributed by atoms with van der Waals surface area (Å²) in [7, 11) is -3.60. The van der Waals surface area contributed by atoms with Crippen molar-refractivity contribution in [2.75, 3.05) is 11.0 Å². The maximum atomic E-state index is 14.4. The lowest BCUT2D eigenvalue weighted by molar-refractivity contribution is 0.533. The SMILES string of the molecule is CC(C)n1ccc(-c2cc(Cl)cc(NS(C)(=O)=O)c2F)n1. The van der Waals surface area contributed by atoms with Crippen LogP contribution in [0.5, 0.6) is 0 Å². The summed E-state index contributed by atoms with van der Waals surface area (Å²) in [5.41, 5.74) is 0.340. The van der Waals surface area contributed by atoms with E-state index >= 15 is 0 Å². The minimum absolute atomic E-state index is 0.134. The summed E-state index contributed by atoms with van der Waals surface area (Å²) in [6.07, 6.45) is 2.67. The van der Waals surface area contributed by atoms with Gasteiger partial charge < -0.3 is 0 Å². The third-order valence-electron chi connectivity index (χ3n) is 2.75. The molecular formula is C13H15ClFN3O2S. The van der Waals surface area contributed by atoms with Gasteiger partial charge in [-0.05, 0) is 32.0 Å². The molecule has 0 saturated carbocycles. The Labute approximate surface area is 127 Å². The van der Waals surface area contributed by atoms with Crippen LogP contribution in [0.1, 0.15) is 19.9 Å². The zero-order valence-electron chi connectivity index (χ0n) is 11.8. The second kappa shape index (κ2) is 5.65. The van der Waals surface area contributed by atoms with Gasteiger partial charge in [-0.1, -0.05) is 11.6 Å². The summed E-state index contributed by atoms with van der Waals surface area (Å²) in [4.78, 5) is 0. The average molecular weight is 332 g/mol. The van der Waals surface area contributed by atoms with E-state index in [1.54, 1.807) is 16.9 Å². The number of hydrogen-bond acceptors (Lipinski definition) is 3. The Morgan fingerprint density at radius 2 is 2.05 bits per heavy atom. The van der Waals surface area contributed by atoms with Crippen molar-refractivity contribution in [3.63, 3.8) is 0 Å². The van der Waals surface area contributed by atoms with Crippen LogP contribution >= 0.6 is 11.6 Å². The van der Waals surface area contributed by atoms with E-state index in [0.717, 1.165) is 6.26 Å². The molecule has 1 heterocycles. The first-order valence-electron chi connectivity index (χ1n) is 6.20. The zero-order valence-corrected chi connectivity index (χ0v) is 13.3. The van der Waals surface area contributed by atoms with Crippen molar-refractivity contribution in [3.05, 3.63) is 35.2 Å². The zero-order chi connectivity index (χ0) is 15.8. The molecule has 1 aromatic heterocycles. The largest absolute Gasteiger partial charge is 0.281 e. The molecule has 2 aromatic rings. The van der Waals surface area contributed by atoms with E-state index in [-0.39, 0.29) is 22.3 Å². The van der Waals surface area contributed by atoms with Gasteiger partial charge in [-0.25, -0.2) is 12.8 Å². The fraction of sp³-hybridized carbons (Fsp3) is 0.308. The summed E-state index contributed by atoms with van der Waals surface area (Å²) in [5.74, 6) is -0.709. The van der Waals surface area contributed by atoms with Gasteiger partial charge >= 0.3 is 0 Å². The minimum atomic E-state index is -3.60. The molecule has 0 fully saturated rings. The van der Waals surface area contributed by atoms with Crippen molar-refractivity contribution < 1.29 is 12.8 Å². The summed E-state index contributed by atoms with van der Waals surface area (Å²) >= 11 is 5.93. The first-order chi connectivity index (χ1) is 9.67. The summed E-state index contributed by atoms with van der Waals surface area (Å²) in [6.45, 7) is 3.89. The molecule has 0 atom stereocenters. The Bertz CT molecular complexity index is 772. The van der Waals surface area contributed by atoms with Crippen LogP contribution < -0.4 is 4.72 Å². The predicted octanol–water partition coefficient (Wildman–Crippen LogP) is 3.30. The molecule has 0 unspecified atom stereocenters. The monoisotopic (exact) mass is 331 g/mol. The van der Waals surface area contributed by atoms with Crippen molar-refractivity contribution in [2.24, 2.45) is 0 Å². The number of halogens is 2. The van der Waals surface area contributed by atoms with Crippen LogP contribution in [0.4, 0.5) is 10.1 Å². The van der Waals surface area contributed by atoms with Gasteiger partial charge in [0.2, 0.25) is 10.0 Å². The Kier molecular flexibility index (Phi) is 4.25. The molecule has 21 heavy (non-hydrogen) atoms. The third-order valence-corrected chi connectivity index (χ3v) is 3.56. The number of hydrogen-bond donors (Lipinski definition) is 1. The maximum Gasteiger partial charge on any atom is 0.229 e. The molecule has 0 amide bonds. The third kappa shape index (κ3) is 3.74. The van der Waals surface area contributed by atoms with E-state index in [4.69, 9.17) is 11.6 Å². The summed E-state index contributed by atoms with van der Waals surface area (Å²) in [6, 6.07) is 4.42. The van der Waals surface area contributed by atoms with Crippen LogP contribution in [0.25, 0.3) is 11.3 Å². The van der Waals surface area contributed by atoms with E-state index in [1.165, 1.54) is 12.1 Å². The fourth-order valence-corrected chi connectivity index (χ4v) is 2.59. The predicted molar refractivity (Wildman–Crippen MR) is 81.5 cm³/mol. The van der Waals surface area contributed by atoms with Crippen molar-refractivity contribution in [1.29, 1.82) is 0 Å². The highest BCUT2D eigenvalue weighted by atomic mass is 35.5. The summed E-state index contributed by atoms with van der Waals surface area (Å²) in [5, 5.41) is 4.48. The van der Waals surface area contributed by atoms with Crippen molar-refractivity contribution in [2.45, 2.75) is 19.9 Å². The van der Waals surface area contributed by atoms with Gasteiger partial charge in [0.1, 0.15) is 0 Å². The lowest BCUT2D eigenvalue weighted by atomic mass is 10.1. The number of nitrogens with zero attached hydrogens (tertiary/aromatic N) is 2. The van der Waals surface area contributed by atoms with Gasteiger partial charge in [-0.15, -0.1) is 0 Å². The molecule has 1 N–H and O–H groups in total. The number of sulfonamides is 1. The second-order valence-electron chi connectivity index (χ2n) is 4.96. The van der Waals surface area contributed by atoms with E-state index in [1.807, 2.05) is 13.8 Å². The normalized spacial score (nSPS) is 11.9. The van der Waals surface area contributed by atoms with Crippen LogP contribution in [0.15, 0.2) is 24.4 Å². The number of anilines is 1. The minimum Gasteiger partial charge on any atom is -0.281 e. The molecule has 0 spiro atoms. The van der Waals surface area contributed by atoms with E-state index in [2.05, 4.69) is 9.82 Å². The van der Waals surface area contributed by atoms with E-state index < -0.39 is 15.8 Å². The molecule has 114 valence electrons. The van der Waals surface area contributed by atoms with Crippen LogP contribution in [0.3, 0.4) is 0 Å².